The molecular formula is C29H23F3N2O3S. The summed E-state index contributed by atoms with van der Waals surface area (Å²) in [6.45, 7) is 0.828. The number of nitrogens with one attached hydrogen (secondary N) is 2. The van der Waals surface area contributed by atoms with E-state index in [1.807, 2.05) is 36.4 Å². The van der Waals surface area contributed by atoms with Crippen LogP contribution in [0.3, 0.4) is 0 Å². The molecule has 1 amide bonds. The lowest BCUT2D eigenvalue weighted by Gasteiger charge is -2.70. The first-order chi connectivity index (χ1) is 18.2. The van der Waals surface area contributed by atoms with Gasteiger partial charge < -0.3 is 15.0 Å². The second kappa shape index (κ2) is 8.94. The van der Waals surface area contributed by atoms with Gasteiger partial charge in [0.1, 0.15) is 0 Å². The van der Waals surface area contributed by atoms with Gasteiger partial charge in [-0.05, 0) is 55.2 Å². The number of hydrogen-bond acceptors (Lipinski definition) is 4. The summed E-state index contributed by atoms with van der Waals surface area (Å²) in [5.74, 6) is -0.201. The van der Waals surface area contributed by atoms with Gasteiger partial charge in [-0.3, -0.25) is 9.59 Å². The molecule has 2 bridgehead atoms. The van der Waals surface area contributed by atoms with Crippen LogP contribution in [0.5, 0.6) is 0 Å². The summed E-state index contributed by atoms with van der Waals surface area (Å²) in [5.41, 5.74) is 2.16. The SMILES string of the molecule is O=COCC12CC(NC(=O)c3ccc(-c4ccccc4)c4[nH]cc(Sc5ccc(C(F)(F)F)cc5)c34)(C1)C2. The molecule has 0 spiro atoms. The lowest BCUT2D eigenvalue weighted by atomic mass is 9.39. The van der Waals surface area contributed by atoms with Crippen LogP contribution < -0.4 is 5.32 Å². The zero-order chi connectivity index (χ0) is 26.5. The van der Waals surface area contributed by atoms with Gasteiger partial charge in [-0.15, -0.1) is 0 Å². The molecule has 3 aliphatic rings. The molecule has 1 aromatic heterocycles. The molecule has 5 nitrogen and oxygen atoms in total. The third-order valence-electron chi connectivity index (χ3n) is 7.51. The van der Waals surface area contributed by atoms with Crippen LogP contribution in [0.2, 0.25) is 0 Å². The number of aromatic nitrogens is 1. The number of halogens is 3. The largest absolute Gasteiger partial charge is 0.467 e. The fourth-order valence-corrected chi connectivity index (χ4v) is 6.95. The normalized spacial score (nSPS) is 21.9. The van der Waals surface area contributed by atoms with Crippen molar-refractivity contribution in [2.45, 2.75) is 40.8 Å². The Bertz CT molecular complexity index is 1510. The summed E-state index contributed by atoms with van der Waals surface area (Å²) in [6.07, 6.45) is -0.302. The number of aromatic amines is 1. The molecule has 3 aromatic carbocycles. The van der Waals surface area contributed by atoms with Crippen LogP contribution in [-0.2, 0) is 15.7 Å². The standard InChI is InChI=1S/C29H23F3N2O3S/c30-29(31,32)19-6-8-20(9-7-19)38-23-12-33-25-21(18-4-2-1-3-5-18)10-11-22(24(23)25)26(36)34-28-13-27(14-28,15-28)16-37-17-35/h1-12,17,33H,13-16H2,(H,34,36). The lowest BCUT2D eigenvalue weighted by Crippen LogP contribution is -2.75. The third-order valence-corrected chi connectivity index (χ3v) is 8.56. The summed E-state index contributed by atoms with van der Waals surface area (Å²) in [7, 11) is 0. The summed E-state index contributed by atoms with van der Waals surface area (Å²) in [4.78, 5) is 28.8. The molecule has 194 valence electrons. The van der Waals surface area contributed by atoms with Crippen molar-refractivity contribution >= 4 is 35.0 Å². The van der Waals surface area contributed by atoms with Crippen LogP contribution in [-0.4, -0.2) is 29.5 Å². The molecule has 1 heterocycles. The average molecular weight is 537 g/mol. The number of benzene rings is 3. The van der Waals surface area contributed by atoms with Crippen molar-refractivity contribution in [3.8, 4) is 11.1 Å². The number of H-pyrrole nitrogens is 1. The van der Waals surface area contributed by atoms with Crippen molar-refractivity contribution in [1.82, 2.24) is 10.3 Å². The Balaban J connectivity index is 1.33. The number of fused-ring (bicyclic) bond motifs is 1. The highest BCUT2D eigenvalue weighted by atomic mass is 32.2. The van der Waals surface area contributed by atoms with E-state index < -0.39 is 11.7 Å². The Morgan fingerprint density at radius 2 is 1.74 bits per heavy atom. The summed E-state index contributed by atoms with van der Waals surface area (Å²) in [6, 6.07) is 18.5. The molecule has 0 radical (unpaired) electrons. The van der Waals surface area contributed by atoms with Crippen LogP contribution in [0.25, 0.3) is 22.0 Å². The highest BCUT2D eigenvalue weighted by Gasteiger charge is 2.68. The first-order valence-corrected chi connectivity index (χ1v) is 13.0. The number of hydrogen-bond donors (Lipinski definition) is 2. The lowest BCUT2D eigenvalue weighted by molar-refractivity contribution is -0.184. The zero-order valence-corrected chi connectivity index (χ0v) is 20.9. The first-order valence-electron chi connectivity index (χ1n) is 12.1. The molecule has 3 aliphatic carbocycles. The van der Waals surface area contributed by atoms with Gasteiger partial charge >= 0.3 is 6.18 Å². The van der Waals surface area contributed by atoms with Crippen molar-refractivity contribution in [3.63, 3.8) is 0 Å². The van der Waals surface area contributed by atoms with E-state index in [1.54, 1.807) is 12.3 Å². The van der Waals surface area contributed by atoms with E-state index in [0.717, 1.165) is 58.3 Å². The van der Waals surface area contributed by atoms with Gasteiger partial charge in [-0.2, -0.15) is 13.2 Å². The minimum atomic E-state index is -4.40. The van der Waals surface area contributed by atoms with Gasteiger partial charge in [0, 0.05) is 43.5 Å². The van der Waals surface area contributed by atoms with Crippen LogP contribution >= 0.6 is 11.8 Å². The molecular weight excluding hydrogens is 513 g/mol. The van der Waals surface area contributed by atoms with Gasteiger partial charge in [0.15, 0.2) is 0 Å². The third kappa shape index (κ3) is 4.24. The number of ether oxygens (including phenoxy) is 1. The van der Waals surface area contributed by atoms with Crippen molar-refractivity contribution in [1.29, 1.82) is 0 Å². The van der Waals surface area contributed by atoms with Crippen LogP contribution in [0.15, 0.2) is 82.7 Å². The highest BCUT2D eigenvalue weighted by Crippen LogP contribution is 2.67. The smallest absolute Gasteiger partial charge is 0.416 e. The number of carbonyl (C=O) groups is 2. The van der Waals surface area contributed by atoms with Crippen molar-refractivity contribution < 1.29 is 27.5 Å². The molecule has 0 saturated heterocycles. The van der Waals surface area contributed by atoms with Gasteiger partial charge in [-0.1, -0.05) is 48.2 Å². The number of rotatable bonds is 8. The Morgan fingerprint density at radius 3 is 2.39 bits per heavy atom. The molecule has 4 aromatic rings. The van der Waals surface area contributed by atoms with Gasteiger partial charge in [0.25, 0.3) is 12.4 Å². The molecule has 0 atom stereocenters. The molecule has 0 aliphatic heterocycles. The molecule has 0 unspecified atom stereocenters. The Labute approximate surface area is 220 Å². The second-order valence-corrected chi connectivity index (χ2v) is 11.3. The molecule has 3 fully saturated rings. The van der Waals surface area contributed by atoms with Crippen molar-refractivity contribution in [2.24, 2.45) is 5.41 Å². The fraction of sp³-hybridized carbons (Fsp3) is 0.241. The zero-order valence-electron chi connectivity index (χ0n) is 20.1. The maximum Gasteiger partial charge on any atom is 0.416 e. The van der Waals surface area contributed by atoms with Crippen LogP contribution in [0, 0.1) is 5.41 Å². The summed E-state index contributed by atoms with van der Waals surface area (Å²) in [5, 5.41) is 3.92. The monoisotopic (exact) mass is 536 g/mol. The number of carbonyl (C=O) groups excluding carboxylic acids is 2. The minimum absolute atomic E-state index is 0.0294. The molecule has 38 heavy (non-hydrogen) atoms. The maximum absolute atomic E-state index is 13.6. The van der Waals surface area contributed by atoms with Gasteiger partial charge in [-0.25, -0.2) is 0 Å². The van der Waals surface area contributed by atoms with E-state index in [9.17, 15) is 22.8 Å². The Hall–Kier alpha value is -3.72. The maximum atomic E-state index is 13.6. The minimum Gasteiger partial charge on any atom is -0.467 e. The summed E-state index contributed by atoms with van der Waals surface area (Å²) >= 11 is 1.31. The van der Waals surface area contributed by atoms with Crippen LogP contribution in [0.4, 0.5) is 13.2 Å². The highest BCUT2D eigenvalue weighted by molar-refractivity contribution is 7.99. The Morgan fingerprint density at radius 1 is 1.03 bits per heavy atom. The van der Waals surface area contributed by atoms with E-state index in [-0.39, 0.29) is 16.9 Å². The van der Waals surface area contributed by atoms with Crippen molar-refractivity contribution in [3.05, 3.63) is 84.1 Å². The second-order valence-electron chi connectivity index (χ2n) is 10.2. The van der Waals surface area contributed by atoms with Crippen molar-refractivity contribution in [2.75, 3.05) is 6.61 Å². The predicted molar refractivity (Wildman–Crippen MR) is 138 cm³/mol. The van der Waals surface area contributed by atoms with E-state index in [4.69, 9.17) is 4.74 Å². The predicted octanol–water partition coefficient (Wildman–Crippen LogP) is 6.83. The van der Waals surface area contributed by atoms with E-state index in [1.165, 1.54) is 23.9 Å². The quantitative estimate of drug-likeness (QED) is 0.242. The van der Waals surface area contributed by atoms with Gasteiger partial charge in [0.05, 0.1) is 17.7 Å². The molecule has 7 rings (SSSR count). The first kappa shape index (κ1) is 24.6. The summed E-state index contributed by atoms with van der Waals surface area (Å²) < 4.78 is 44.0. The molecule has 9 heteroatoms. The van der Waals surface area contributed by atoms with E-state index >= 15 is 0 Å². The van der Waals surface area contributed by atoms with E-state index in [0.29, 0.717) is 23.5 Å². The van der Waals surface area contributed by atoms with Crippen LogP contribution in [0.1, 0.15) is 35.2 Å². The number of alkyl halides is 3. The molecule has 3 saturated carbocycles. The fourth-order valence-electron chi connectivity index (χ4n) is 5.99. The Kier molecular flexibility index (Phi) is 5.79. The number of amides is 1. The van der Waals surface area contributed by atoms with E-state index in [2.05, 4.69) is 10.3 Å². The topological polar surface area (TPSA) is 71.2 Å². The molecule has 2 N–H and O–H groups in total. The van der Waals surface area contributed by atoms with Gasteiger partial charge in [0.2, 0.25) is 0 Å². The average Bonchev–Trinajstić information content (AvgIpc) is 3.28.